The van der Waals surface area contributed by atoms with Gasteiger partial charge in [-0.25, -0.2) is 0 Å². The SMILES string of the molecule is Cc1cccc(NNc2ccc(/N=N/c3ccc(N4CCCC4)cc3)cc2C)c1. The summed E-state index contributed by atoms with van der Waals surface area (Å²) in [5.41, 5.74) is 13.9. The summed E-state index contributed by atoms with van der Waals surface area (Å²) < 4.78 is 0. The molecular weight excluding hydrogens is 358 g/mol. The van der Waals surface area contributed by atoms with Gasteiger partial charge in [0.1, 0.15) is 0 Å². The molecule has 3 aromatic rings. The summed E-state index contributed by atoms with van der Waals surface area (Å²) in [6.07, 6.45) is 2.57. The van der Waals surface area contributed by atoms with Gasteiger partial charge in [0, 0.05) is 18.8 Å². The highest BCUT2D eigenvalue weighted by molar-refractivity contribution is 5.61. The van der Waals surface area contributed by atoms with Crippen LogP contribution in [0.2, 0.25) is 0 Å². The van der Waals surface area contributed by atoms with E-state index in [1.807, 2.05) is 42.5 Å². The van der Waals surface area contributed by atoms with E-state index in [1.165, 1.54) is 24.1 Å². The van der Waals surface area contributed by atoms with E-state index in [-0.39, 0.29) is 0 Å². The highest BCUT2D eigenvalue weighted by Crippen LogP contribution is 2.26. The second-order valence-electron chi connectivity index (χ2n) is 7.53. The first kappa shape index (κ1) is 19.0. The Morgan fingerprint density at radius 2 is 1.48 bits per heavy atom. The normalized spacial score (nSPS) is 13.8. The van der Waals surface area contributed by atoms with Gasteiger partial charge >= 0.3 is 0 Å². The van der Waals surface area contributed by atoms with Gasteiger partial charge < -0.3 is 15.8 Å². The number of azo groups is 1. The van der Waals surface area contributed by atoms with E-state index in [0.29, 0.717) is 0 Å². The lowest BCUT2D eigenvalue weighted by Gasteiger charge is -2.17. The molecule has 0 bridgehead atoms. The van der Waals surface area contributed by atoms with Crippen LogP contribution in [-0.2, 0) is 0 Å². The lowest BCUT2D eigenvalue weighted by Crippen LogP contribution is -2.17. The molecule has 1 saturated heterocycles. The number of hydrogen-bond donors (Lipinski definition) is 2. The summed E-state index contributed by atoms with van der Waals surface area (Å²) in [5.74, 6) is 0. The van der Waals surface area contributed by atoms with Crippen LogP contribution in [0.5, 0.6) is 0 Å². The zero-order valence-corrected chi connectivity index (χ0v) is 17.0. The molecule has 0 unspecified atom stereocenters. The fourth-order valence-electron chi connectivity index (χ4n) is 3.53. The van der Waals surface area contributed by atoms with Crippen molar-refractivity contribution in [2.24, 2.45) is 10.2 Å². The number of anilines is 3. The second-order valence-corrected chi connectivity index (χ2v) is 7.53. The first-order chi connectivity index (χ1) is 14.2. The average molecular weight is 386 g/mol. The highest BCUT2D eigenvalue weighted by Gasteiger charge is 2.11. The summed E-state index contributed by atoms with van der Waals surface area (Å²) in [5, 5.41) is 8.79. The first-order valence-electron chi connectivity index (χ1n) is 10.1. The van der Waals surface area contributed by atoms with Crippen LogP contribution in [0.3, 0.4) is 0 Å². The fourth-order valence-corrected chi connectivity index (χ4v) is 3.53. The molecule has 0 atom stereocenters. The molecule has 1 aliphatic rings. The number of nitrogens with one attached hydrogen (secondary N) is 2. The Morgan fingerprint density at radius 1 is 0.759 bits per heavy atom. The lowest BCUT2D eigenvalue weighted by molar-refractivity contribution is 0.949. The second kappa shape index (κ2) is 8.78. The van der Waals surface area contributed by atoms with Crippen molar-refractivity contribution in [1.29, 1.82) is 0 Å². The van der Waals surface area contributed by atoms with E-state index in [1.54, 1.807) is 0 Å². The minimum atomic E-state index is 0.840. The molecule has 1 heterocycles. The lowest BCUT2D eigenvalue weighted by atomic mass is 10.2. The van der Waals surface area contributed by atoms with Crippen molar-refractivity contribution in [1.82, 2.24) is 0 Å². The molecule has 0 radical (unpaired) electrons. The van der Waals surface area contributed by atoms with E-state index >= 15 is 0 Å². The van der Waals surface area contributed by atoms with Gasteiger partial charge in [0.2, 0.25) is 0 Å². The Balaban J connectivity index is 1.38. The number of aryl methyl sites for hydroxylation is 2. The maximum atomic E-state index is 4.40. The molecule has 3 aromatic carbocycles. The summed E-state index contributed by atoms with van der Waals surface area (Å²) >= 11 is 0. The maximum absolute atomic E-state index is 4.40. The summed E-state index contributed by atoms with van der Waals surface area (Å²) in [7, 11) is 0. The minimum absolute atomic E-state index is 0.840. The molecule has 0 aliphatic carbocycles. The predicted molar refractivity (Wildman–Crippen MR) is 122 cm³/mol. The van der Waals surface area contributed by atoms with Crippen LogP contribution in [0.25, 0.3) is 0 Å². The molecule has 0 spiro atoms. The molecule has 0 saturated carbocycles. The molecule has 2 N–H and O–H groups in total. The van der Waals surface area contributed by atoms with Gasteiger partial charge in [-0.2, -0.15) is 10.2 Å². The van der Waals surface area contributed by atoms with Crippen LogP contribution in [-0.4, -0.2) is 13.1 Å². The number of benzene rings is 3. The fraction of sp³-hybridized carbons (Fsp3) is 0.250. The van der Waals surface area contributed by atoms with Crippen molar-refractivity contribution in [3.63, 3.8) is 0 Å². The monoisotopic (exact) mass is 385 g/mol. The van der Waals surface area contributed by atoms with Crippen LogP contribution < -0.4 is 15.8 Å². The molecule has 1 aliphatic heterocycles. The van der Waals surface area contributed by atoms with Gasteiger partial charge in [-0.05, 0) is 92.4 Å². The van der Waals surface area contributed by atoms with Crippen molar-refractivity contribution in [3.05, 3.63) is 77.9 Å². The smallest absolute Gasteiger partial charge is 0.0861 e. The van der Waals surface area contributed by atoms with E-state index in [2.05, 4.69) is 64.1 Å². The molecule has 1 fully saturated rings. The predicted octanol–water partition coefficient (Wildman–Crippen LogP) is 6.76. The number of rotatable bonds is 6. The van der Waals surface area contributed by atoms with Crippen molar-refractivity contribution in [3.8, 4) is 0 Å². The molecule has 0 amide bonds. The van der Waals surface area contributed by atoms with Gasteiger partial charge in [-0.15, -0.1) is 0 Å². The Hall–Kier alpha value is -3.34. The van der Waals surface area contributed by atoms with Crippen LogP contribution in [0.15, 0.2) is 77.0 Å². The van der Waals surface area contributed by atoms with E-state index in [4.69, 9.17) is 0 Å². The van der Waals surface area contributed by atoms with Crippen molar-refractivity contribution >= 4 is 28.4 Å². The van der Waals surface area contributed by atoms with Gasteiger partial charge in [0.15, 0.2) is 0 Å². The van der Waals surface area contributed by atoms with Crippen molar-refractivity contribution in [2.45, 2.75) is 26.7 Å². The Morgan fingerprint density at radius 3 is 2.21 bits per heavy atom. The van der Waals surface area contributed by atoms with Gasteiger partial charge in [-0.3, -0.25) is 0 Å². The topological polar surface area (TPSA) is 52.0 Å². The molecule has 4 rings (SSSR count). The molecule has 0 aromatic heterocycles. The van der Waals surface area contributed by atoms with Gasteiger partial charge in [-0.1, -0.05) is 12.1 Å². The van der Waals surface area contributed by atoms with Gasteiger partial charge in [0.25, 0.3) is 0 Å². The Labute approximate surface area is 172 Å². The van der Waals surface area contributed by atoms with Crippen molar-refractivity contribution in [2.75, 3.05) is 28.8 Å². The van der Waals surface area contributed by atoms with Crippen molar-refractivity contribution < 1.29 is 0 Å². The standard InChI is InChI=1S/C24H27N5/c1-18-6-5-7-21(16-18)27-28-24-13-10-22(17-19(24)2)26-25-20-8-11-23(12-9-20)29-14-3-4-15-29/h5-13,16-17,27-28H,3-4,14-15H2,1-2H3/b26-25+. The summed E-state index contributed by atoms with van der Waals surface area (Å²) in [6, 6.07) is 22.6. The van der Waals surface area contributed by atoms with E-state index in [9.17, 15) is 0 Å². The zero-order valence-electron chi connectivity index (χ0n) is 17.0. The minimum Gasteiger partial charge on any atom is -0.372 e. The van der Waals surface area contributed by atoms with Crippen LogP contribution >= 0.6 is 0 Å². The third-order valence-electron chi connectivity index (χ3n) is 5.17. The Kier molecular flexibility index (Phi) is 5.75. The quantitative estimate of drug-likeness (QED) is 0.364. The molecule has 148 valence electrons. The molecule has 5 nitrogen and oxygen atoms in total. The average Bonchev–Trinajstić information content (AvgIpc) is 3.27. The first-order valence-corrected chi connectivity index (χ1v) is 10.1. The molecule has 29 heavy (non-hydrogen) atoms. The third-order valence-corrected chi connectivity index (χ3v) is 5.17. The van der Waals surface area contributed by atoms with E-state index in [0.717, 1.165) is 41.4 Å². The largest absolute Gasteiger partial charge is 0.372 e. The number of hydrogen-bond acceptors (Lipinski definition) is 5. The summed E-state index contributed by atoms with van der Waals surface area (Å²) in [6.45, 7) is 6.44. The van der Waals surface area contributed by atoms with E-state index < -0.39 is 0 Å². The van der Waals surface area contributed by atoms with Gasteiger partial charge in [0.05, 0.1) is 22.7 Å². The van der Waals surface area contributed by atoms with Crippen LogP contribution in [0.1, 0.15) is 24.0 Å². The summed E-state index contributed by atoms with van der Waals surface area (Å²) in [4.78, 5) is 2.42. The zero-order chi connectivity index (χ0) is 20.1. The van der Waals surface area contributed by atoms with Crippen LogP contribution in [0.4, 0.5) is 28.4 Å². The Bertz CT molecular complexity index is 988. The molecular formula is C24H27N5. The maximum Gasteiger partial charge on any atom is 0.0861 e. The molecule has 5 heteroatoms. The van der Waals surface area contributed by atoms with Crippen LogP contribution in [0, 0.1) is 13.8 Å². The number of hydrazine groups is 1. The third kappa shape index (κ3) is 4.93. The highest BCUT2D eigenvalue weighted by atomic mass is 15.4. The number of nitrogens with zero attached hydrogens (tertiary/aromatic N) is 3.